The number of aryl methyl sites for hydroxylation is 1. The Labute approximate surface area is 199 Å². The molecule has 4 nitrogen and oxygen atoms in total. The fraction of sp³-hybridized carbons (Fsp3) is 0.0400. The van der Waals surface area contributed by atoms with Crippen LogP contribution in [0.15, 0.2) is 66.7 Å². The minimum atomic E-state index is -0.559. The molecule has 0 aliphatic heterocycles. The molecule has 0 bridgehead atoms. The molecule has 0 aliphatic carbocycles. The van der Waals surface area contributed by atoms with Gasteiger partial charge in [-0.15, -0.1) is 0 Å². The van der Waals surface area contributed by atoms with Crippen LogP contribution >= 0.6 is 23.2 Å². The van der Waals surface area contributed by atoms with Gasteiger partial charge in [0.05, 0.1) is 21.4 Å². The predicted molar refractivity (Wildman–Crippen MR) is 129 cm³/mol. The van der Waals surface area contributed by atoms with Crippen molar-refractivity contribution in [1.82, 2.24) is 0 Å². The van der Waals surface area contributed by atoms with Gasteiger partial charge in [-0.1, -0.05) is 41.4 Å². The normalized spacial score (nSPS) is 11.2. The Hall–Kier alpha value is -3.48. The number of amides is 2. The third kappa shape index (κ3) is 6.51. The number of carbonyl (C=O) groups is 2. The van der Waals surface area contributed by atoms with Crippen molar-refractivity contribution in [2.75, 3.05) is 10.6 Å². The Morgan fingerprint density at radius 1 is 0.758 bits per heavy atom. The summed E-state index contributed by atoms with van der Waals surface area (Å²) in [5, 5.41) is 5.62. The second-order valence-electron chi connectivity index (χ2n) is 6.96. The minimum Gasteiger partial charge on any atom is -0.321 e. The molecule has 0 aromatic heterocycles. The molecule has 2 N–H and O–H groups in total. The molecular formula is C25H18Cl2F2N2O2. The summed E-state index contributed by atoms with van der Waals surface area (Å²) < 4.78 is 27.8. The Balaban J connectivity index is 1.75. The van der Waals surface area contributed by atoms with Crippen molar-refractivity contribution in [3.63, 3.8) is 0 Å². The van der Waals surface area contributed by atoms with Gasteiger partial charge in [0.15, 0.2) is 0 Å². The molecule has 0 unspecified atom stereocenters. The van der Waals surface area contributed by atoms with E-state index < -0.39 is 23.4 Å². The molecular weight excluding hydrogens is 469 g/mol. The topological polar surface area (TPSA) is 58.2 Å². The van der Waals surface area contributed by atoms with Gasteiger partial charge < -0.3 is 10.6 Å². The van der Waals surface area contributed by atoms with Crippen LogP contribution in [0, 0.1) is 18.6 Å². The van der Waals surface area contributed by atoms with Crippen LogP contribution in [0.4, 0.5) is 20.2 Å². The standard InChI is InChI=1S/C25H18Cl2F2N2O2/c1-15-8-11-22(30-24(32)12-9-16-18(26)4-2-6-20(16)28)23(14-15)31-25(33)13-10-17-19(27)5-3-7-21(17)29/h2-14H,1H3,(H,30,32)(H,31,33). The van der Waals surface area contributed by atoms with Gasteiger partial charge in [-0.05, 0) is 61.0 Å². The average molecular weight is 487 g/mol. The van der Waals surface area contributed by atoms with E-state index in [9.17, 15) is 18.4 Å². The lowest BCUT2D eigenvalue weighted by molar-refractivity contribution is -0.112. The molecule has 0 fully saturated rings. The zero-order chi connectivity index (χ0) is 24.0. The summed E-state index contributed by atoms with van der Waals surface area (Å²) in [6, 6.07) is 13.4. The lowest BCUT2D eigenvalue weighted by Gasteiger charge is -2.11. The smallest absolute Gasteiger partial charge is 0.248 e. The minimum absolute atomic E-state index is 0.0868. The highest BCUT2D eigenvalue weighted by atomic mass is 35.5. The van der Waals surface area contributed by atoms with E-state index in [1.165, 1.54) is 48.6 Å². The van der Waals surface area contributed by atoms with Gasteiger partial charge in [0.25, 0.3) is 0 Å². The molecule has 0 radical (unpaired) electrons. The number of rotatable bonds is 6. The first-order chi connectivity index (χ1) is 15.7. The zero-order valence-corrected chi connectivity index (χ0v) is 18.8. The first-order valence-electron chi connectivity index (χ1n) is 9.71. The molecule has 3 aromatic rings. The summed E-state index contributed by atoms with van der Waals surface area (Å²) in [5.74, 6) is -2.22. The van der Waals surface area contributed by atoms with Gasteiger partial charge >= 0.3 is 0 Å². The van der Waals surface area contributed by atoms with E-state index in [4.69, 9.17) is 23.2 Å². The van der Waals surface area contributed by atoms with Crippen molar-refractivity contribution in [2.24, 2.45) is 0 Å². The maximum atomic E-state index is 13.9. The van der Waals surface area contributed by atoms with Crippen LogP contribution in [0.1, 0.15) is 16.7 Å². The third-order valence-corrected chi connectivity index (χ3v) is 5.15. The molecule has 3 aromatic carbocycles. The van der Waals surface area contributed by atoms with E-state index in [-0.39, 0.29) is 21.2 Å². The van der Waals surface area contributed by atoms with Gasteiger partial charge in [0.1, 0.15) is 11.6 Å². The maximum absolute atomic E-state index is 13.9. The van der Waals surface area contributed by atoms with E-state index in [1.54, 1.807) is 18.2 Å². The average Bonchev–Trinajstić information content (AvgIpc) is 2.75. The van der Waals surface area contributed by atoms with Gasteiger partial charge in [-0.3, -0.25) is 9.59 Å². The molecule has 0 saturated heterocycles. The van der Waals surface area contributed by atoms with Crippen molar-refractivity contribution in [2.45, 2.75) is 6.92 Å². The lowest BCUT2D eigenvalue weighted by atomic mass is 10.1. The first kappa shape index (κ1) is 24.2. The Morgan fingerprint density at radius 2 is 1.24 bits per heavy atom. The Bertz CT molecular complexity index is 1230. The van der Waals surface area contributed by atoms with Crippen molar-refractivity contribution >= 4 is 58.5 Å². The summed E-state index contributed by atoms with van der Waals surface area (Å²) in [5.41, 5.74) is 1.65. The number of nitrogens with one attached hydrogen (secondary N) is 2. The van der Waals surface area contributed by atoms with Gasteiger partial charge in [0.2, 0.25) is 11.8 Å². The SMILES string of the molecule is Cc1ccc(NC(=O)C=Cc2c(F)cccc2Cl)c(NC(=O)C=Cc2c(F)cccc2Cl)c1. The highest BCUT2D eigenvalue weighted by molar-refractivity contribution is 6.32. The molecule has 0 saturated carbocycles. The van der Waals surface area contributed by atoms with Crippen LogP contribution in [-0.4, -0.2) is 11.8 Å². The molecule has 0 aliphatic rings. The highest BCUT2D eigenvalue weighted by Crippen LogP contribution is 2.25. The molecule has 0 atom stereocenters. The van der Waals surface area contributed by atoms with Gasteiger partial charge in [0, 0.05) is 23.3 Å². The molecule has 33 heavy (non-hydrogen) atoms. The van der Waals surface area contributed by atoms with E-state index in [1.807, 2.05) is 6.92 Å². The van der Waals surface area contributed by atoms with Crippen LogP contribution in [-0.2, 0) is 9.59 Å². The van der Waals surface area contributed by atoms with E-state index in [0.717, 1.165) is 17.7 Å². The second kappa shape index (κ2) is 10.9. The van der Waals surface area contributed by atoms with Crippen molar-refractivity contribution in [1.29, 1.82) is 0 Å². The summed E-state index contributed by atoms with van der Waals surface area (Å²) in [6.07, 6.45) is 4.80. The Kier molecular flexibility index (Phi) is 7.98. The molecule has 3 rings (SSSR count). The van der Waals surface area contributed by atoms with Crippen LogP contribution in [0.25, 0.3) is 12.2 Å². The molecule has 0 spiro atoms. The quantitative estimate of drug-likeness (QED) is 0.373. The number of hydrogen-bond donors (Lipinski definition) is 2. The first-order valence-corrected chi connectivity index (χ1v) is 10.5. The fourth-order valence-corrected chi connectivity index (χ4v) is 3.33. The van der Waals surface area contributed by atoms with E-state index in [2.05, 4.69) is 10.6 Å². The predicted octanol–water partition coefficient (Wildman–Crippen LogP) is 6.88. The van der Waals surface area contributed by atoms with Crippen molar-refractivity contribution in [3.05, 3.63) is 105 Å². The van der Waals surface area contributed by atoms with E-state index in [0.29, 0.717) is 11.4 Å². The van der Waals surface area contributed by atoms with Crippen LogP contribution in [0.5, 0.6) is 0 Å². The number of anilines is 2. The van der Waals surface area contributed by atoms with Crippen LogP contribution in [0.3, 0.4) is 0 Å². The summed E-state index contributed by atoms with van der Waals surface area (Å²) in [7, 11) is 0. The second-order valence-corrected chi connectivity index (χ2v) is 7.78. The number of carbonyl (C=O) groups excluding carboxylic acids is 2. The number of halogens is 4. The largest absolute Gasteiger partial charge is 0.321 e. The summed E-state index contributed by atoms with van der Waals surface area (Å²) in [4.78, 5) is 24.8. The number of benzene rings is 3. The van der Waals surface area contributed by atoms with Crippen LogP contribution < -0.4 is 10.6 Å². The highest BCUT2D eigenvalue weighted by Gasteiger charge is 2.10. The fourth-order valence-electron chi connectivity index (χ4n) is 2.88. The third-order valence-electron chi connectivity index (χ3n) is 4.49. The monoisotopic (exact) mass is 486 g/mol. The van der Waals surface area contributed by atoms with Gasteiger partial charge in [-0.25, -0.2) is 8.78 Å². The van der Waals surface area contributed by atoms with Crippen molar-refractivity contribution in [3.8, 4) is 0 Å². The molecule has 0 heterocycles. The lowest BCUT2D eigenvalue weighted by Crippen LogP contribution is -2.14. The van der Waals surface area contributed by atoms with Crippen molar-refractivity contribution < 1.29 is 18.4 Å². The molecule has 2 amide bonds. The summed E-state index contributed by atoms with van der Waals surface area (Å²) in [6.45, 7) is 1.82. The molecule has 168 valence electrons. The van der Waals surface area contributed by atoms with Gasteiger partial charge in [-0.2, -0.15) is 0 Å². The maximum Gasteiger partial charge on any atom is 0.248 e. The Morgan fingerprint density at radius 3 is 1.73 bits per heavy atom. The zero-order valence-electron chi connectivity index (χ0n) is 17.3. The van der Waals surface area contributed by atoms with E-state index >= 15 is 0 Å². The number of hydrogen-bond acceptors (Lipinski definition) is 2. The molecule has 8 heteroatoms. The van der Waals surface area contributed by atoms with Crippen LogP contribution in [0.2, 0.25) is 10.0 Å². The summed E-state index contributed by atoms with van der Waals surface area (Å²) >= 11 is 11.9.